The first-order valence-corrected chi connectivity index (χ1v) is 11.8. The molecular formula is C29H29F3N2O3. The third-order valence-electron chi connectivity index (χ3n) is 6.29. The van der Waals surface area contributed by atoms with Crippen LogP contribution >= 0.6 is 0 Å². The van der Waals surface area contributed by atoms with E-state index in [0.29, 0.717) is 17.7 Å². The number of hydrogen-bond acceptors (Lipinski definition) is 5. The van der Waals surface area contributed by atoms with E-state index in [0.717, 1.165) is 17.2 Å². The van der Waals surface area contributed by atoms with Crippen molar-refractivity contribution in [2.24, 2.45) is 10.9 Å². The van der Waals surface area contributed by atoms with Crippen LogP contribution in [-0.2, 0) is 10.9 Å². The molecule has 8 heteroatoms. The fraction of sp³-hybridized carbons (Fsp3) is 0.276. The van der Waals surface area contributed by atoms with Crippen molar-refractivity contribution < 1.29 is 27.5 Å². The maximum atomic E-state index is 13.7. The Labute approximate surface area is 214 Å². The molecule has 0 spiro atoms. The molecule has 0 aliphatic heterocycles. The standard InChI is InChI=1S/C29H29F3N2O3/c1-5-19(27(35)25-18(3)10-8-12-23(25)29(30,31)32)16-34-26(21-11-7-6-9-17(21)2)20-13-14-22(24(33)15-20)28(36)37-4/h6-15,19H,5,16,33H2,1-4H3. The van der Waals surface area contributed by atoms with Crippen LogP contribution in [0.3, 0.4) is 0 Å². The highest BCUT2D eigenvalue weighted by Crippen LogP contribution is 2.35. The summed E-state index contributed by atoms with van der Waals surface area (Å²) in [6.45, 7) is 5.13. The number of aryl methyl sites for hydroxylation is 2. The first-order valence-electron chi connectivity index (χ1n) is 11.8. The molecule has 0 aliphatic rings. The predicted octanol–water partition coefficient (Wildman–Crippen LogP) is 6.44. The van der Waals surface area contributed by atoms with Crippen LogP contribution in [0.1, 0.15) is 61.9 Å². The number of anilines is 1. The molecule has 3 aromatic carbocycles. The Kier molecular flexibility index (Phi) is 8.53. The lowest BCUT2D eigenvalue weighted by Crippen LogP contribution is -2.23. The smallest absolute Gasteiger partial charge is 0.417 e. The van der Waals surface area contributed by atoms with Crippen molar-refractivity contribution in [1.29, 1.82) is 0 Å². The van der Waals surface area contributed by atoms with Gasteiger partial charge in [0.1, 0.15) is 0 Å². The molecule has 0 fully saturated rings. The Morgan fingerprint density at radius 1 is 0.973 bits per heavy atom. The van der Waals surface area contributed by atoms with Gasteiger partial charge in [-0.2, -0.15) is 13.2 Å². The summed E-state index contributed by atoms with van der Waals surface area (Å²) in [5, 5.41) is 0. The van der Waals surface area contributed by atoms with Crippen molar-refractivity contribution in [3.63, 3.8) is 0 Å². The van der Waals surface area contributed by atoms with E-state index in [9.17, 15) is 22.8 Å². The number of carbonyl (C=O) groups is 2. The molecule has 2 N–H and O–H groups in total. The van der Waals surface area contributed by atoms with Gasteiger partial charge < -0.3 is 10.5 Å². The summed E-state index contributed by atoms with van der Waals surface area (Å²) in [6, 6.07) is 16.0. The number of ether oxygens (including phenoxy) is 1. The highest BCUT2D eigenvalue weighted by atomic mass is 19.4. The number of methoxy groups -OCH3 is 1. The number of alkyl halides is 3. The SMILES string of the molecule is CCC(CN=C(c1ccc(C(=O)OC)c(N)c1)c1ccccc1C)C(=O)c1c(C)cccc1C(F)(F)F. The second kappa shape index (κ2) is 11.4. The molecule has 0 heterocycles. The lowest BCUT2D eigenvalue weighted by Gasteiger charge is -2.19. The number of aliphatic imine (C=N–C) groups is 1. The summed E-state index contributed by atoms with van der Waals surface area (Å²) in [4.78, 5) is 30.1. The van der Waals surface area contributed by atoms with Crippen LogP contribution in [0.15, 0.2) is 65.7 Å². The average Bonchev–Trinajstić information content (AvgIpc) is 2.86. The number of nitrogens with two attached hydrogens (primary N) is 1. The van der Waals surface area contributed by atoms with Gasteiger partial charge in [-0.1, -0.05) is 49.4 Å². The topological polar surface area (TPSA) is 81.8 Å². The van der Waals surface area contributed by atoms with Gasteiger partial charge in [-0.3, -0.25) is 9.79 Å². The second-order valence-electron chi connectivity index (χ2n) is 8.76. The number of hydrogen-bond donors (Lipinski definition) is 1. The first kappa shape index (κ1) is 27.6. The minimum Gasteiger partial charge on any atom is -0.465 e. The van der Waals surface area contributed by atoms with Crippen LogP contribution in [-0.4, -0.2) is 31.1 Å². The van der Waals surface area contributed by atoms with Crippen molar-refractivity contribution in [2.45, 2.75) is 33.4 Å². The Balaban J connectivity index is 2.07. The normalized spacial score (nSPS) is 12.8. The largest absolute Gasteiger partial charge is 0.465 e. The minimum atomic E-state index is -4.65. The Morgan fingerprint density at radius 2 is 1.65 bits per heavy atom. The van der Waals surface area contributed by atoms with E-state index in [-0.39, 0.29) is 28.9 Å². The molecule has 0 aromatic heterocycles. The lowest BCUT2D eigenvalue weighted by atomic mass is 9.89. The number of nitrogens with zero attached hydrogens (tertiary/aromatic N) is 1. The van der Waals surface area contributed by atoms with Gasteiger partial charge in [0, 0.05) is 34.8 Å². The number of Topliss-reactive ketones (excluding diaryl/α,β-unsaturated/α-hetero) is 1. The highest BCUT2D eigenvalue weighted by Gasteiger charge is 2.37. The average molecular weight is 511 g/mol. The third-order valence-corrected chi connectivity index (χ3v) is 6.29. The number of carbonyl (C=O) groups excluding carboxylic acids is 2. The zero-order valence-corrected chi connectivity index (χ0v) is 21.1. The third kappa shape index (κ3) is 6.07. The molecule has 5 nitrogen and oxygen atoms in total. The molecule has 0 saturated carbocycles. The number of halogens is 3. The monoisotopic (exact) mass is 510 g/mol. The van der Waals surface area contributed by atoms with E-state index in [1.54, 1.807) is 19.1 Å². The summed E-state index contributed by atoms with van der Waals surface area (Å²) in [5.41, 5.74) is 8.35. The summed E-state index contributed by atoms with van der Waals surface area (Å²) in [7, 11) is 1.26. The number of esters is 1. The van der Waals surface area contributed by atoms with Gasteiger partial charge in [0.2, 0.25) is 0 Å². The van der Waals surface area contributed by atoms with Gasteiger partial charge in [-0.25, -0.2) is 4.79 Å². The predicted molar refractivity (Wildman–Crippen MR) is 138 cm³/mol. The Bertz CT molecular complexity index is 1350. The molecule has 0 bridgehead atoms. The zero-order chi connectivity index (χ0) is 27.3. The van der Waals surface area contributed by atoms with E-state index in [4.69, 9.17) is 15.5 Å². The van der Waals surface area contributed by atoms with Gasteiger partial charge in [0.05, 0.1) is 23.9 Å². The summed E-state index contributed by atoms with van der Waals surface area (Å²) in [5.74, 6) is -1.94. The fourth-order valence-electron chi connectivity index (χ4n) is 4.21. The summed E-state index contributed by atoms with van der Waals surface area (Å²) < 4.78 is 45.8. The van der Waals surface area contributed by atoms with Gasteiger partial charge in [-0.05, 0) is 49.6 Å². The molecule has 0 aliphatic carbocycles. The minimum absolute atomic E-state index is 0.0245. The maximum absolute atomic E-state index is 13.7. The van der Waals surface area contributed by atoms with Crippen molar-refractivity contribution in [1.82, 2.24) is 0 Å². The van der Waals surface area contributed by atoms with Crippen molar-refractivity contribution in [3.05, 3.63) is 99.6 Å². The van der Waals surface area contributed by atoms with E-state index in [1.165, 1.54) is 32.2 Å². The van der Waals surface area contributed by atoms with Crippen molar-refractivity contribution in [2.75, 3.05) is 19.4 Å². The van der Waals surface area contributed by atoms with Gasteiger partial charge in [-0.15, -0.1) is 0 Å². The van der Waals surface area contributed by atoms with Crippen LogP contribution in [0.4, 0.5) is 18.9 Å². The molecule has 0 saturated heterocycles. The lowest BCUT2D eigenvalue weighted by molar-refractivity contribution is -0.138. The maximum Gasteiger partial charge on any atom is 0.417 e. The van der Waals surface area contributed by atoms with Gasteiger partial charge >= 0.3 is 12.1 Å². The zero-order valence-electron chi connectivity index (χ0n) is 21.1. The van der Waals surface area contributed by atoms with E-state index in [1.807, 2.05) is 31.2 Å². The molecule has 0 amide bonds. The number of ketones is 1. The van der Waals surface area contributed by atoms with Gasteiger partial charge in [0.15, 0.2) is 5.78 Å². The Hall–Kier alpha value is -3.94. The molecule has 1 unspecified atom stereocenters. The van der Waals surface area contributed by atoms with Crippen LogP contribution in [0.5, 0.6) is 0 Å². The molecule has 0 radical (unpaired) electrons. The highest BCUT2D eigenvalue weighted by molar-refractivity contribution is 6.15. The number of nitrogen functional groups attached to an aromatic ring is 1. The molecule has 3 rings (SSSR count). The van der Waals surface area contributed by atoms with Gasteiger partial charge in [0.25, 0.3) is 0 Å². The van der Waals surface area contributed by atoms with Crippen LogP contribution in [0, 0.1) is 19.8 Å². The second-order valence-corrected chi connectivity index (χ2v) is 8.76. The molecule has 3 aromatic rings. The number of benzene rings is 3. The first-order chi connectivity index (χ1) is 17.5. The molecular weight excluding hydrogens is 481 g/mol. The van der Waals surface area contributed by atoms with Crippen LogP contribution in [0.25, 0.3) is 0 Å². The molecule has 37 heavy (non-hydrogen) atoms. The van der Waals surface area contributed by atoms with E-state index < -0.39 is 29.4 Å². The fourth-order valence-corrected chi connectivity index (χ4v) is 4.21. The van der Waals surface area contributed by atoms with Crippen molar-refractivity contribution in [3.8, 4) is 0 Å². The van der Waals surface area contributed by atoms with E-state index >= 15 is 0 Å². The summed E-state index contributed by atoms with van der Waals surface area (Å²) in [6.07, 6.45) is -4.35. The van der Waals surface area contributed by atoms with Crippen molar-refractivity contribution >= 4 is 23.2 Å². The van der Waals surface area contributed by atoms with E-state index in [2.05, 4.69) is 0 Å². The number of rotatable bonds is 8. The summed E-state index contributed by atoms with van der Waals surface area (Å²) >= 11 is 0. The quantitative estimate of drug-likeness (QED) is 0.164. The van der Waals surface area contributed by atoms with Crippen LogP contribution in [0.2, 0.25) is 0 Å². The Morgan fingerprint density at radius 3 is 2.24 bits per heavy atom. The molecule has 1 atom stereocenters. The van der Waals surface area contributed by atoms with Crippen LogP contribution < -0.4 is 5.73 Å². The molecule has 194 valence electrons.